The zero-order chi connectivity index (χ0) is 21.7. The van der Waals surface area contributed by atoms with Gasteiger partial charge in [-0.15, -0.1) is 0 Å². The highest BCUT2D eigenvalue weighted by Crippen LogP contribution is 2.14. The predicted molar refractivity (Wildman–Crippen MR) is 97.6 cm³/mol. The molecule has 26 heavy (non-hydrogen) atoms. The van der Waals surface area contributed by atoms with Gasteiger partial charge in [-0.2, -0.15) is 0 Å². The van der Waals surface area contributed by atoms with Crippen molar-refractivity contribution in [3.63, 3.8) is 0 Å². The van der Waals surface area contributed by atoms with Crippen LogP contribution in [0.3, 0.4) is 0 Å². The molecule has 4 nitrogen and oxygen atoms in total. The number of hydrogen-bond acceptors (Lipinski definition) is 4. The SMILES string of the molecule is [2H]c1c([2H])c([2H])c(C(=O)OCc2ccccc2)c(C(=O)OCc2ccccc2)c1[2H]. The lowest BCUT2D eigenvalue weighted by atomic mass is 10.1. The highest BCUT2D eigenvalue weighted by molar-refractivity contribution is 6.03. The molecule has 0 saturated heterocycles. The lowest BCUT2D eigenvalue weighted by Gasteiger charge is -2.10. The summed E-state index contributed by atoms with van der Waals surface area (Å²) >= 11 is 0. The van der Waals surface area contributed by atoms with E-state index in [1.54, 1.807) is 60.7 Å². The Morgan fingerprint density at radius 3 is 1.46 bits per heavy atom. The first kappa shape index (κ1) is 12.9. The van der Waals surface area contributed by atoms with Gasteiger partial charge < -0.3 is 9.47 Å². The molecule has 0 atom stereocenters. The van der Waals surface area contributed by atoms with Gasteiger partial charge in [0.05, 0.1) is 16.6 Å². The van der Waals surface area contributed by atoms with Gasteiger partial charge in [0.1, 0.15) is 13.2 Å². The van der Waals surface area contributed by atoms with Crippen LogP contribution in [0.4, 0.5) is 0 Å². The zero-order valence-corrected chi connectivity index (χ0v) is 13.8. The minimum Gasteiger partial charge on any atom is -0.457 e. The van der Waals surface area contributed by atoms with E-state index >= 15 is 0 Å². The van der Waals surface area contributed by atoms with Gasteiger partial charge in [-0.25, -0.2) is 9.59 Å². The molecule has 3 aromatic rings. The smallest absolute Gasteiger partial charge is 0.339 e. The van der Waals surface area contributed by atoms with E-state index in [2.05, 4.69) is 0 Å². The summed E-state index contributed by atoms with van der Waals surface area (Å²) in [4.78, 5) is 25.4. The Kier molecular flexibility index (Phi) is 4.28. The zero-order valence-electron chi connectivity index (χ0n) is 17.8. The third-order valence-corrected chi connectivity index (χ3v) is 3.52. The molecule has 3 rings (SSSR count). The first-order chi connectivity index (χ1) is 14.4. The maximum atomic E-state index is 12.7. The van der Waals surface area contributed by atoms with Crippen molar-refractivity contribution in [2.45, 2.75) is 13.2 Å². The van der Waals surface area contributed by atoms with E-state index in [0.717, 1.165) is 0 Å². The molecule has 0 aliphatic rings. The largest absolute Gasteiger partial charge is 0.457 e. The molecule has 3 aromatic carbocycles. The first-order valence-corrected chi connectivity index (χ1v) is 7.92. The molecule has 130 valence electrons. The van der Waals surface area contributed by atoms with E-state index in [1.807, 2.05) is 0 Å². The van der Waals surface area contributed by atoms with E-state index in [-0.39, 0.29) is 13.2 Å². The topological polar surface area (TPSA) is 52.6 Å². The number of carbonyl (C=O) groups excluding carboxylic acids is 2. The molecule has 0 amide bonds. The van der Waals surface area contributed by atoms with Crippen LogP contribution in [0.5, 0.6) is 0 Å². The Labute approximate surface area is 157 Å². The molecule has 4 heteroatoms. The molecule has 0 fully saturated rings. The minimum absolute atomic E-state index is 0.110. The second-order valence-corrected chi connectivity index (χ2v) is 5.37. The third kappa shape index (κ3) is 4.57. The molecule has 0 aliphatic carbocycles. The number of hydrogen-bond donors (Lipinski definition) is 0. The molecule has 0 N–H and O–H groups in total. The van der Waals surface area contributed by atoms with Crippen LogP contribution in [0, 0.1) is 0 Å². The number of rotatable bonds is 6. The first-order valence-electron chi connectivity index (χ1n) is 9.92. The summed E-state index contributed by atoms with van der Waals surface area (Å²) in [6, 6.07) is 15.1. The van der Waals surface area contributed by atoms with Crippen molar-refractivity contribution in [1.29, 1.82) is 0 Å². The van der Waals surface area contributed by atoms with Crippen molar-refractivity contribution in [1.82, 2.24) is 0 Å². The Balaban J connectivity index is 1.91. The number of benzene rings is 3. The number of carbonyl (C=O) groups is 2. The van der Waals surface area contributed by atoms with Crippen molar-refractivity contribution >= 4 is 11.9 Å². The summed E-state index contributed by atoms with van der Waals surface area (Å²) in [7, 11) is 0. The Morgan fingerprint density at radius 1 is 0.692 bits per heavy atom. The summed E-state index contributed by atoms with van der Waals surface area (Å²) in [6.07, 6.45) is 0. The molecular weight excluding hydrogens is 328 g/mol. The molecular formula is C22H18O4. The normalized spacial score (nSPS) is 12.3. The predicted octanol–water partition coefficient (Wildman–Crippen LogP) is 4.40. The summed E-state index contributed by atoms with van der Waals surface area (Å²) in [5, 5.41) is 0. The number of esters is 2. The molecule has 0 aliphatic heterocycles. The standard InChI is InChI=1S/C22H18O4/c23-21(25-15-17-9-3-1-4-10-17)19-13-7-8-14-20(19)22(24)26-16-18-11-5-2-6-12-18/h1-14H,15-16H2/i7D,8D,13D,14D. The summed E-state index contributed by atoms with van der Waals surface area (Å²) in [5.41, 5.74) is 0.296. The van der Waals surface area contributed by atoms with E-state index < -0.39 is 47.2 Å². The van der Waals surface area contributed by atoms with Gasteiger partial charge in [-0.1, -0.05) is 72.7 Å². The summed E-state index contributed by atoms with van der Waals surface area (Å²) in [6.45, 7) is -0.220. The molecule has 0 radical (unpaired) electrons. The van der Waals surface area contributed by atoms with Crippen molar-refractivity contribution < 1.29 is 24.5 Å². The molecule has 0 unspecified atom stereocenters. The third-order valence-electron chi connectivity index (χ3n) is 3.52. The quantitative estimate of drug-likeness (QED) is 0.618. The molecule has 0 saturated carbocycles. The molecule has 0 bridgehead atoms. The van der Waals surface area contributed by atoms with E-state index in [0.29, 0.717) is 11.1 Å². The lowest BCUT2D eigenvalue weighted by Crippen LogP contribution is -2.14. The van der Waals surface area contributed by atoms with Gasteiger partial charge in [0.2, 0.25) is 0 Å². The van der Waals surface area contributed by atoms with E-state index in [9.17, 15) is 9.59 Å². The summed E-state index contributed by atoms with van der Waals surface area (Å²) < 4.78 is 42.2. The van der Waals surface area contributed by atoms with Gasteiger partial charge in [0, 0.05) is 0 Å². The summed E-state index contributed by atoms with van der Waals surface area (Å²) in [5.74, 6) is -2.06. The van der Waals surface area contributed by atoms with Crippen LogP contribution < -0.4 is 0 Å². The fourth-order valence-electron chi connectivity index (χ4n) is 2.21. The van der Waals surface area contributed by atoms with Crippen molar-refractivity contribution in [3.8, 4) is 0 Å². The van der Waals surface area contributed by atoms with Gasteiger partial charge >= 0.3 is 11.9 Å². The van der Waals surface area contributed by atoms with Crippen LogP contribution >= 0.6 is 0 Å². The number of ether oxygens (including phenoxy) is 2. The van der Waals surface area contributed by atoms with Crippen molar-refractivity contribution in [2.75, 3.05) is 0 Å². The fraction of sp³-hybridized carbons (Fsp3) is 0.0909. The average Bonchev–Trinajstić information content (AvgIpc) is 2.78. The Hall–Kier alpha value is -3.40. The highest BCUT2D eigenvalue weighted by atomic mass is 16.5. The van der Waals surface area contributed by atoms with Crippen LogP contribution in [0.15, 0.2) is 84.8 Å². The second kappa shape index (κ2) is 8.62. The average molecular weight is 350 g/mol. The monoisotopic (exact) mass is 350 g/mol. The van der Waals surface area contributed by atoms with Crippen LogP contribution in [0.1, 0.15) is 37.3 Å². The van der Waals surface area contributed by atoms with Gasteiger partial charge in [-0.05, 0) is 23.2 Å². The second-order valence-electron chi connectivity index (χ2n) is 5.37. The van der Waals surface area contributed by atoms with Crippen LogP contribution in [-0.4, -0.2) is 11.9 Å². The van der Waals surface area contributed by atoms with Gasteiger partial charge in [0.25, 0.3) is 0 Å². The Morgan fingerprint density at radius 2 is 1.08 bits per heavy atom. The van der Waals surface area contributed by atoms with Crippen molar-refractivity contribution in [2.24, 2.45) is 0 Å². The van der Waals surface area contributed by atoms with Crippen LogP contribution in [0.25, 0.3) is 0 Å². The van der Waals surface area contributed by atoms with Crippen LogP contribution in [0.2, 0.25) is 0 Å². The van der Waals surface area contributed by atoms with Crippen molar-refractivity contribution in [3.05, 3.63) is 107 Å². The maximum Gasteiger partial charge on any atom is 0.339 e. The highest BCUT2D eigenvalue weighted by Gasteiger charge is 2.19. The van der Waals surface area contributed by atoms with Gasteiger partial charge in [0.15, 0.2) is 0 Å². The fourth-order valence-corrected chi connectivity index (χ4v) is 2.21. The minimum atomic E-state index is -1.03. The molecule has 0 spiro atoms. The lowest BCUT2D eigenvalue weighted by molar-refractivity contribution is 0.0425. The van der Waals surface area contributed by atoms with E-state index in [4.69, 9.17) is 15.0 Å². The van der Waals surface area contributed by atoms with Gasteiger partial charge in [-0.3, -0.25) is 0 Å². The van der Waals surface area contributed by atoms with Crippen LogP contribution in [-0.2, 0) is 22.7 Å². The maximum absolute atomic E-state index is 12.7. The Bertz CT molecular complexity index is 983. The molecule has 0 aromatic heterocycles. The van der Waals surface area contributed by atoms with E-state index in [1.165, 1.54) is 0 Å². The molecule has 0 heterocycles.